The first-order valence-corrected chi connectivity index (χ1v) is 5.06. The molecule has 0 aliphatic carbocycles. The molecule has 0 unspecified atom stereocenters. The molecule has 2 aromatic carbocycles. The molecule has 0 atom stereocenters. The number of nitrogen functional groups attached to an aromatic ring is 1. The number of fused-ring (bicyclic) bond motifs is 1. The fourth-order valence-electron chi connectivity index (χ4n) is 1.21. The molecule has 27 heavy (non-hydrogen) atoms. The van der Waals surface area contributed by atoms with Crippen molar-refractivity contribution in [2.24, 2.45) is 21.4 Å². The molecule has 17 heteroatoms. The summed E-state index contributed by atoms with van der Waals surface area (Å²) < 4.78 is 0. The first kappa shape index (κ1) is 45.7. The Hall–Kier alpha value is 0.1000. The maximum atomic E-state index is 8.00. The van der Waals surface area contributed by atoms with Gasteiger partial charge in [0.2, 0.25) is 0 Å². The van der Waals surface area contributed by atoms with E-state index in [9.17, 15) is 0 Å². The van der Waals surface area contributed by atoms with E-state index in [-0.39, 0.29) is 118 Å². The van der Waals surface area contributed by atoms with Crippen molar-refractivity contribution in [3.8, 4) is 0 Å². The van der Waals surface area contributed by atoms with Gasteiger partial charge in [0.05, 0.1) is 0 Å². The van der Waals surface area contributed by atoms with Crippen LogP contribution in [0.25, 0.3) is 10.8 Å². The number of benzene rings is 2. The SMILES string of the molecule is Nc1ccc2ccccc2c1.O=N[O-].O=N[O-].O=N[O-].O=N[O-].[Na+].[Na+].[Na+].[Na+]. The van der Waals surface area contributed by atoms with Gasteiger partial charge in [-0.3, -0.25) is 0 Å². The third-order valence-corrected chi connectivity index (χ3v) is 1.77. The summed E-state index contributed by atoms with van der Waals surface area (Å²) in [5.41, 5.74) is 6.45. The Balaban J connectivity index is -0.0000000433. The maximum Gasteiger partial charge on any atom is 1.00 e. The van der Waals surface area contributed by atoms with E-state index in [2.05, 4.69) is 12.1 Å². The van der Waals surface area contributed by atoms with Crippen LogP contribution in [0, 0.1) is 40.5 Å². The Bertz CT molecular complexity index is 560. The zero-order valence-electron chi connectivity index (χ0n) is 15.2. The molecule has 126 valence electrons. The van der Waals surface area contributed by atoms with Gasteiger partial charge in [-0.05, 0) is 22.9 Å². The molecule has 0 amide bonds. The van der Waals surface area contributed by atoms with Gasteiger partial charge in [-0.1, -0.05) is 30.3 Å². The van der Waals surface area contributed by atoms with Crippen molar-refractivity contribution in [1.29, 1.82) is 0 Å². The van der Waals surface area contributed by atoms with Crippen molar-refractivity contribution in [1.82, 2.24) is 0 Å². The van der Waals surface area contributed by atoms with E-state index in [1.54, 1.807) is 0 Å². The second-order valence-electron chi connectivity index (χ2n) is 2.90. The molecule has 0 saturated carbocycles. The minimum atomic E-state index is 0. The molecule has 0 aliphatic rings. The van der Waals surface area contributed by atoms with E-state index in [1.807, 2.05) is 30.3 Å². The number of nitrogens with zero attached hydrogens (tertiary/aromatic N) is 4. The minimum Gasteiger partial charge on any atom is -0.444 e. The van der Waals surface area contributed by atoms with E-state index < -0.39 is 0 Å². The van der Waals surface area contributed by atoms with Gasteiger partial charge < -0.3 is 46.2 Å². The molecule has 0 heterocycles. The quantitative estimate of drug-likeness (QED) is 0.184. The van der Waals surface area contributed by atoms with Crippen LogP contribution in [-0.2, 0) is 0 Å². The van der Waals surface area contributed by atoms with Gasteiger partial charge >= 0.3 is 118 Å². The van der Waals surface area contributed by atoms with Crippen molar-refractivity contribution >= 4 is 16.5 Å². The first-order valence-electron chi connectivity index (χ1n) is 5.06. The summed E-state index contributed by atoms with van der Waals surface area (Å²) in [4.78, 5) is 32.0. The number of anilines is 1. The third-order valence-electron chi connectivity index (χ3n) is 1.77. The second kappa shape index (κ2) is 40.7. The normalized spacial score (nSPS) is 5.93. The van der Waals surface area contributed by atoms with Crippen LogP contribution in [-0.4, -0.2) is 0 Å². The molecule has 0 spiro atoms. The molecule has 0 radical (unpaired) electrons. The summed E-state index contributed by atoms with van der Waals surface area (Å²) in [5.74, 6) is 0. The Labute approximate surface area is 241 Å². The molecule has 0 fully saturated rings. The van der Waals surface area contributed by atoms with Gasteiger partial charge in [-0.15, -0.1) is 21.4 Å². The second-order valence-corrected chi connectivity index (χ2v) is 2.90. The van der Waals surface area contributed by atoms with Crippen LogP contribution >= 0.6 is 0 Å². The van der Waals surface area contributed by atoms with Crippen LogP contribution < -0.4 is 124 Å². The Kier molecular flexibility index (Phi) is 68.9. The standard InChI is InChI=1S/C10H9N.4HNO2.4Na/c11-10-6-5-8-3-1-2-4-9(8)7-10;4*2-1-3;;;;/h1-7H,11H2;4*(H,2,3);;;;/q;;;;;4*+1/p-4. The van der Waals surface area contributed by atoms with Crippen molar-refractivity contribution in [2.45, 2.75) is 0 Å². The monoisotopic (exact) mass is 419 g/mol. The molecular formula is C10H9N5Na4O8. The van der Waals surface area contributed by atoms with Gasteiger partial charge in [0.25, 0.3) is 0 Å². The number of rotatable bonds is 0. The van der Waals surface area contributed by atoms with Crippen molar-refractivity contribution in [3.05, 3.63) is 82.9 Å². The first-order chi connectivity index (χ1) is 11.0. The molecule has 13 nitrogen and oxygen atoms in total. The van der Waals surface area contributed by atoms with E-state index in [4.69, 9.17) is 46.2 Å². The summed E-state index contributed by atoms with van der Waals surface area (Å²) in [6.07, 6.45) is 0. The van der Waals surface area contributed by atoms with Crippen LogP contribution in [0.1, 0.15) is 0 Å². The van der Waals surface area contributed by atoms with Crippen LogP contribution in [0.15, 0.2) is 63.8 Å². The summed E-state index contributed by atoms with van der Waals surface area (Å²) >= 11 is 0. The van der Waals surface area contributed by atoms with Crippen LogP contribution in [0.2, 0.25) is 0 Å². The average molecular weight is 419 g/mol. The number of hydrogen-bond donors (Lipinski definition) is 1. The molecule has 0 saturated heterocycles. The van der Waals surface area contributed by atoms with Gasteiger partial charge in [-0.2, -0.15) is 0 Å². The fraction of sp³-hybridized carbons (Fsp3) is 0. The molecule has 0 aromatic heterocycles. The molecule has 0 aliphatic heterocycles. The van der Waals surface area contributed by atoms with Crippen molar-refractivity contribution in [2.75, 3.05) is 5.73 Å². The Morgan fingerprint density at radius 1 is 0.593 bits per heavy atom. The smallest absolute Gasteiger partial charge is 0.444 e. The molecule has 2 N–H and O–H groups in total. The molecule has 2 rings (SSSR count). The number of hydrogen-bond acceptors (Lipinski definition) is 13. The van der Waals surface area contributed by atoms with Gasteiger partial charge in [-0.25, -0.2) is 0 Å². The largest absolute Gasteiger partial charge is 1.00 e. The predicted molar refractivity (Wildman–Crippen MR) is 85.0 cm³/mol. The number of nitrogens with two attached hydrogens (primary N) is 1. The van der Waals surface area contributed by atoms with E-state index >= 15 is 0 Å². The predicted octanol–water partition coefficient (Wildman–Crippen LogP) is -8.56. The fourth-order valence-corrected chi connectivity index (χ4v) is 1.21. The van der Waals surface area contributed by atoms with Gasteiger partial charge in [0, 0.05) is 5.69 Å². The van der Waals surface area contributed by atoms with E-state index in [0.717, 1.165) is 27.0 Å². The average Bonchev–Trinajstić information content (AvgIpc) is 2.50. The Morgan fingerprint density at radius 3 is 1.22 bits per heavy atom. The van der Waals surface area contributed by atoms with E-state index in [0.29, 0.717) is 0 Å². The van der Waals surface area contributed by atoms with Crippen molar-refractivity contribution < 1.29 is 118 Å². The van der Waals surface area contributed by atoms with E-state index in [1.165, 1.54) is 10.8 Å². The summed E-state index contributed by atoms with van der Waals surface area (Å²) in [6, 6.07) is 14.1. The topological polar surface area (TPSA) is 236 Å². The van der Waals surface area contributed by atoms with Gasteiger partial charge in [0.1, 0.15) is 0 Å². The molecular weight excluding hydrogens is 410 g/mol. The van der Waals surface area contributed by atoms with Crippen LogP contribution in [0.5, 0.6) is 0 Å². The summed E-state index contributed by atoms with van der Waals surface area (Å²) in [6.45, 7) is 0. The molecule has 2 aromatic rings. The van der Waals surface area contributed by atoms with Crippen LogP contribution in [0.4, 0.5) is 5.69 Å². The Morgan fingerprint density at radius 2 is 0.889 bits per heavy atom. The minimum absolute atomic E-state index is 0. The maximum absolute atomic E-state index is 8.00. The van der Waals surface area contributed by atoms with Crippen LogP contribution in [0.3, 0.4) is 0 Å². The molecule has 0 bridgehead atoms. The zero-order chi connectivity index (χ0) is 18.5. The van der Waals surface area contributed by atoms with Crippen molar-refractivity contribution in [3.63, 3.8) is 0 Å². The zero-order valence-corrected chi connectivity index (χ0v) is 23.2. The van der Waals surface area contributed by atoms with Gasteiger partial charge in [0.15, 0.2) is 0 Å². The third kappa shape index (κ3) is 37.5. The summed E-state index contributed by atoms with van der Waals surface area (Å²) in [5, 5.41) is 38.4. The summed E-state index contributed by atoms with van der Waals surface area (Å²) in [7, 11) is 0.